The third-order valence-electron chi connectivity index (χ3n) is 2.27. The lowest BCUT2D eigenvalue weighted by Crippen LogP contribution is -2.06. The van der Waals surface area contributed by atoms with Crippen LogP contribution in [0.25, 0.3) is 0 Å². The molecule has 0 aliphatic heterocycles. The Hall–Kier alpha value is -0.960. The van der Waals surface area contributed by atoms with Gasteiger partial charge in [0, 0.05) is 11.3 Å². The molecule has 0 aromatic heterocycles. The van der Waals surface area contributed by atoms with E-state index in [2.05, 4.69) is 24.3 Å². The van der Waals surface area contributed by atoms with Gasteiger partial charge in [0.1, 0.15) is 0 Å². The lowest BCUT2D eigenvalue weighted by molar-refractivity contribution is -0.137. The summed E-state index contributed by atoms with van der Waals surface area (Å²) in [5.41, 5.74) is 1.21. The second-order valence-electron chi connectivity index (χ2n) is 3.76. The number of rotatable bonds is 5. The third-order valence-corrected chi connectivity index (χ3v) is 3.01. The highest BCUT2D eigenvalue weighted by Crippen LogP contribution is 2.17. The van der Waals surface area contributed by atoms with Crippen LogP contribution in [0.15, 0.2) is 29.2 Å². The molecule has 0 spiro atoms. The van der Waals surface area contributed by atoms with Crippen LogP contribution in [-0.4, -0.2) is 17.3 Å². The van der Waals surface area contributed by atoms with Gasteiger partial charge in [-0.15, -0.1) is 11.8 Å². The minimum atomic E-state index is -0.719. The normalized spacial score (nSPS) is 12.4. The number of hydrogen-bond donors (Lipinski definition) is 1. The van der Waals surface area contributed by atoms with Gasteiger partial charge in [-0.05, 0) is 36.3 Å². The van der Waals surface area contributed by atoms with Crippen LogP contribution < -0.4 is 0 Å². The van der Waals surface area contributed by atoms with Gasteiger partial charge in [-0.2, -0.15) is 0 Å². The van der Waals surface area contributed by atoms with E-state index in [4.69, 9.17) is 5.11 Å². The zero-order valence-electron chi connectivity index (χ0n) is 9.06. The van der Waals surface area contributed by atoms with E-state index in [1.165, 1.54) is 10.5 Å². The zero-order valence-corrected chi connectivity index (χ0v) is 9.88. The summed E-state index contributed by atoms with van der Waals surface area (Å²) >= 11 is 1.71. The summed E-state index contributed by atoms with van der Waals surface area (Å²) < 4.78 is 0. The molecule has 15 heavy (non-hydrogen) atoms. The van der Waals surface area contributed by atoms with Crippen LogP contribution in [0.5, 0.6) is 0 Å². The van der Waals surface area contributed by atoms with Crippen molar-refractivity contribution in [3.63, 3.8) is 0 Å². The number of hydrogen-bond acceptors (Lipinski definition) is 2. The van der Waals surface area contributed by atoms with Crippen LogP contribution in [0.1, 0.15) is 18.9 Å². The number of benzene rings is 1. The molecular weight excluding hydrogens is 208 g/mol. The first-order valence-corrected chi connectivity index (χ1v) is 6.19. The topological polar surface area (TPSA) is 37.3 Å². The molecule has 0 bridgehead atoms. The van der Waals surface area contributed by atoms with E-state index in [1.807, 2.05) is 13.2 Å². The molecule has 0 saturated carbocycles. The fraction of sp³-hybridized carbons (Fsp3) is 0.417. The Balaban J connectivity index is 2.53. The molecule has 0 radical (unpaired) electrons. The molecule has 0 aliphatic carbocycles. The van der Waals surface area contributed by atoms with Crippen LogP contribution in [0, 0.1) is 5.92 Å². The summed E-state index contributed by atoms with van der Waals surface area (Å²) in [5.74, 6) is -0.522. The average Bonchev–Trinajstić information content (AvgIpc) is 2.17. The Labute approximate surface area is 94.7 Å². The summed E-state index contributed by atoms with van der Waals surface area (Å²) in [7, 11) is 0. The van der Waals surface area contributed by atoms with E-state index >= 15 is 0 Å². The van der Waals surface area contributed by atoms with E-state index in [9.17, 15) is 4.79 Å². The smallest absolute Gasteiger partial charge is 0.303 e. The maximum absolute atomic E-state index is 10.5. The first kappa shape index (κ1) is 12.1. The molecule has 0 amide bonds. The standard InChI is InChI=1S/C12H16O2S/c1-9(8-12(13)14)7-10-3-5-11(15-2)6-4-10/h3-6,9H,7-8H2,1-2H3,(H,13,14). The minimum absolute atomic E-state index is 0.197. The summed E-state index contributed by atoms with van der Waals surface area (Å²) in [4.78, 5) is 11.7. The van der Waals surface area contributed by atoms with Crippen molar-refractivity contribution in [1.82, 2.24) is 0 Å². The fourth-order valence-corrected chi connectivity index (χ4v) is 1.94. The van der Waals surface area contributed by atoms with Crippen molar-refractivity contribution in [2.75, 3.05) is 6.26 Å². The number of thioether (sulfide) groups is 1. The first-order valence-electron chi connectivity index (χ1n) is 4.96. The molecule has 0 fully saturated rings. The van der Waals surface area contributed by atoms with Crippen LogP contribution in [0.4, 0.5) is 0 Å². The van der Waals surface area contributed by atoms with Crippen LogP contribution in [0.2, 0.25) is 0 Å². The highest BCUT2D eigenvalue weighted by molar-refractivity contribution is 7.98. The molecule has 2 nitrogen and oxygen atoms in total. The van der Waals surface area contributed by atoms with Gasteiger partial charge in [0.15, 0.2) is 0 Å². The molecule has 1 unspecified atom stereocenters. The van der Waals surface area contributed by atoms with E-state index < -0.39 is 5.97 Å². The molecule has 0 saturated heterocycles. The largest absolute Gasteiger partial charge is 0.481 e. The van der Waals surface area contributed by atoms with Crippen molar-refractivity contribution in [2.24, 2.45) is 5.92 Å². The Morgan fingerprint density at radius 2 is 2.00 bits per heavy atom. The SMILES string of the molecule is CSc1ccc(CC(C)CC(=O)O)cc1. The summed E-state index contributed by atoms with van der Waals surface area (Å²) in [6.07, 6.45) is 3.12. The highest BCUT2D eigenvalue weighted by atomic mass is 32.2. The minimum Gasteiger partial charge on any atom is -0.481 e. The van der Waals surface area contributed by atoms with Crippen molar-refractivity contribution in [1.29, 1.82) is 0 Å². The number of carboxylic acids is 1. The van der Waals surface area contributed by atoms with Gasteiger partial charge < -0.3 is 5.11 Å². The predicted octanol–water partition coefficient (Wildman–Crippen LogP) is 3.06. The molecule has 1 aromatic rings. The van der Waals surface area contributed by atoms with Crippen LogP contribution in [0.3, 0.4) is 0 Å². The molecule has 82 valence electrons. The molecule has 1 rings (SSSR count). The number of carboxylic acid groups (broad SMARTS) is 1. The van der Waals surface area contributed by atoms with Gasteiger partial charge >= 0.3 is 5.97 Å². The van der Waals surface area contributed by atoms with Gasteiger partial charge in [0.2, 0.25) is 0 Å². The molecule has 1 aromatic carbocycles. The van der Waals surface area contributed by atoms with Crippen LogP contribution in [-0.2, 0) is 11.2 Å². The fourth-order valence-electron chi connectivity index (χ4n) is 1.53. The molecule has 3 heteroatoms. The third kappa shape index (κ3) is 4.38. The summed E-state index contributed by atoms with van der Waals surface area (Å²) in [6, 6.07) is 8.30. The Morgan fingerprint density at radius 1 is 1.40 bits per heavy atom. The van der Waals surface area contributed by atoms with Gasteiger partial charge in [0.25, 0.3) is 0 Å². The lowest BCUT2D eigenvalue weighted by atomic mass is 9.98. The lowest BCUT2D eigenvalue weighted by Gasteiger charge is -2.08. The summed E-state index contributed by atoms with van der Waals surface area (Å²) in [6.45, 7) is 1.97. The maximum atomic E-state index is 10.5. The van der Waals surface area contributed by atoms with Crippen LogP contribution >= 0.6 is 11.8 Å². The number of carbonyl (C=O) groups is 1. The predicted molar refractivity (Wildman–Crippen MR) is 63.3 cm³/mol. The maximum Gasteiger partial charge on any atom is 0.303 e. The van der Waals surface area contributed by atoms with E-state index in [0.29, 0.717) is 0 Å². The second-order valence-corrected chi connectivity index (χ2v) is 4.63. The molecule has 1 N–H and O–H groups in total. The van der Waals surface area contributed by atoms with Crippen molar-refractivity contribution < 1.29 is 9.90 Å². The van der Waals surface area contributed by atoms with E-state index in [1.54, 1.807) is 11.8 Å². The highest BCUT2D eigenvalue weighted by Gasteiger charge is 2.08. The van der Waals surface area contributed by atoms with E-state index in [0.717, 1.165) is 6.42 Å². The number of aliphatic carboxylic acids is 1. The first-order chi connectivity index (χ1) is 7.11. The second kappa shape index (κ2) is 5.81. The van der Waals surface area contributed by atoms with Crippen molar-refractivity contribution in [3.8, 4) is 0 Å². The zero-order chi connectivity index (χ0) is 11.3. The molecule has 1 atom stereocenters. The van der Waals surface area contributed by atoms with E-state index in [-0.39, 0.29) is 12.3 Å². The Morgan fingerprint density at radius 3 is 2.47 bits per heavy atom. The van der Waals surface area contributed by atoms with Gasteiger partial charge in [-0.3, -0.25) is 4.79 Å². The van der Waals surface area contributed by atoms with Crippen molar-refractivity contribution >= 4 is 17.7 Å². The molecule has 0 aliphatic rings. The van der Waals surface area contributed by atoms with Crippen molar-refractivity contribution in [2.45, 2.75) is 24.7 Å². The molecular formula is C12H16O2S. The van der Waals surface area contributed by atoms with Gasteiger partial charge in [-0.1, -0.05) is 19.1 Å². The van der Waals surface area contributed by atoms with Gasteiger partial charge in [-0.25, -0.2) is 0 Å². The quantitative estimate of drug-likeness (QED) is 0.781. The van der Waals surface area contributed by atoms with Crippen molar-refractivity contribution in [3.05, 3.63) is 29.8 Å². The average molecular weight is 224 g/mol. The molecule has 0 heterocycles. The monoisotopic (exact) mass is 224 g/mol. The Kier molecular flexibility index (Phi) is 4.69. The Bertz CT molecular complexity index is 319. The summed E-state index contributed by atoms with van der Waals surface area (Å²) in [5, 5.41) is 8.64. The van der Waals surface area contributed by atoms with Gasteiger partial charge in [0.05, 0.1) is 0 Å².